The fraction of sp³-hybridized carbons (Fsp3) is 0.765. The molecule has 2 N–H and O–H groups in total. The zero-order chi connectivity index (χ0) is 19.5. The Kier molecular flexibility index (Phi) is 6.56. The molecule has 8 heteroatoms. The van der Waals surface area contributed by atoms with Crippen molar-refractivity contribution in [2.45, 2.75) is 85.0 Å². The van der Waals surface area contributed by atoms with Crippen molar-refractivity contribution in [1.82, 2.24) is 20.4 Å². The second-order valence-electron chi connectivity index (χ2n) is 7.10. The number of carbonyl (C=O) groups excluding carboxylic acids is 4. The van der Waals surface area contributed by atoms with Gasteiger partial charge < -0.3 is 10.6 Å². The average Bonchev–Trinajstić information content (AvgIpc) is 2.93. The summed E-state index contributed by atoms with van der Waals surface area (Å²) in [5.41, 5.74) is -0.693. The van der Waals surface area contributed by atoms with Gasteiger partial charge in [-0.2, -0.15) is 0 Å². The molecule has 0 radical (unpaired) electrons. The zero-order valence-corrected chi connectivity index (χ0v) is 16.2. The van der Waals surface area contributed by atoms with Crippen molar-refractivity contribution < 1.29 is 19.2 Å². The Hall–Kier alpha value is -2.12. The highest BCUT2D eigenvalue weighted by Gasteiger charge is 2.47. The van der Waals surface area contributed by atoms with Gasteiger partial charge in [-0.3, -0.25) is 19.4 Å². The van der Waals surface area contributed by atoms with Crippen LogP contribution in [0.2, 0.25) is 0 Å². The molecule has 0 aromatic rings. The van der Waals surface area contributed by atoms with Crippen LogP contribution < -0.4 is 10.6 Å². The number of hydrogen-bond donors (Lipinski definition) is 2. The Labute approximate surface area is 149 Å². The number of rotatable bonds is 4. The molecule has 0 unspecified atom stereocenters. The van der Waals surface area contributed by atoms with Gasteiger partial charge in [0.2, 0.25) is 0 Å². The number of nitrogens with zero attached hydrogens (tertiary/aromatic N) is 2. The topological polar surface area (TPSA) is 98.8 Å². The summed E-state index contributed by atoms with van der Waals surface area (Å²) in [7, 11) is 0. The van der Waals surface area contributed by atoms with Crippen LogP contribution in [0.15, 0.2) is 0 Å². The maximum atomic E-state index is 11.8. The highest BCUT2D eigenvalue weighted by molar-refractivity contribution is 6.07. The molecule has 2 saturated heterocycles. The Morgan fingerprint density at radius 3 is 1.72 bits per heavy atom. The van der Waals surface area contributed by atoms with Gasteiger partial charge in [0.1, 0.15) is 11.6 Å². The van der Waals surface area contributed by atoms with E-state index < -0.39 is 5.54 Å². The minimum atomic E-state index is -0.693. The summed E-state index contributed by atoms with van der Waals surface area (Å²) >= 11 is 0. The summed E-state index contributed by atoms with van der Waals surface area (Å²) in [6.07, 6.45) is 1.29. The van der Waals surface area contributed by atoms with E-state index in [1.165, 1.54) is 9.80 Å². The summed E-state index contributed by atoms with van der Waals surface area (Å²) in [5, 5.41) is 5.32. The van der Waals surface area contributed by atoms with Crippen LogP contribution in [0, 0.1) is 0 Å². The smallest absolute Gasteiger partial charge is 0.325 e. The Balaban J connectivity index is 0.000000251. The third kappa shape index (κ3) is 4.11. The van der Waals surface area contributed by atoms with Crippen LogP contribution in [0.5, 0.6) is 0 Å². The van der Waals surface area contributed by atoms with Crippen LogP contribution in [-0.4, -0.2) is 57.3 Å². The van der Waals surface area contributed by atoms with Crippen molar-refractivity contribution in [1.29, 1.82) is 0 Å². The standard InChI is InChI=1S/C9H16N2O2.C8H14N2O2/c1-5-9(4)7(12)11(6(2)3)8(13)10-9;1-4-6-7(11)10(5(2)3)8(12)9-6/h6H,5H2,1-4H3,(H,10,13);5-6H,4H2,1-3H3,(H,9,12)/t9-;6-/m11/s1. The molecule has 2 heterocycles. The second-order valence-corrected chi connectivity index (χ2v) is 7.10. The van der Waals surface area contributed by atoms with E-state index in [1.54, 1.807) is 6.92 Å². The van der Waals surface area contributed by atoms with Crippen LogP contribution in [0.25, 0.3) is 0 Å². The summed E-state index contributed by atoms with van der Waals surface area (Å²) in [5.74, 6) is -0.215. The molecular weight excluding hydrogens is 324 g/mol. The van der Waals surface area contributed by atoms with Gasteiger partial charge in [0.15, 0.2) is 0 Å². The van der Waals surface area contributed by atoms with E-state index in [0.717, 1.165) is 0 Å². The summed E-state index contributed by atoms with van der Waals surface area (Å²) < 4.78 is 0. The summed E-state index contributed by atoms with van der Waals surface area (Å²) in [6, 6.07) is -0.957. The summed E-state index contributed by atoms with van der Waals surface area (Å²) in [6.45, 7) is 12.9. The van der Waals surface area contributed by atoms with Crippen molar-refractivity contribution in [3.05, 3.63) is 0 Å². The highest BCUT2D eigenvalue weighted by Crippen LogP contribution is 2.22. The number of carbonyl (C=O) groups is 4. The molecule has 2 atom stereocenters. The Morgan fingerprint density at radius 2 is 1.48 bits per heavy atom. The van der Waals surface area contributed by atoms with Crippen molar-refractivity contribution >= 4 is 23.9 Å². The molecule has 8 nitrogen and oxygen atoms in total. The fourth-order valence-electron chi connectivity index (χ4n) is 2.73. The minimum absolute atomic E-state index is 0.0472. The van der Waals surface area contributed by atoms with E-state index >= 15 is 0 Å². The molecule has 0 aliphatic carbocycles. The average molecular weight is 354 g/mol. The molecule has 25 heavy (non-hydrogen) atoms. The predicted molar refractivity (Wildman–Crippen MR) is 93.8 cm³/mol. The molecule has 0 saturated carbocycles. The van der Waals surface area contributed by atoms with Gasteiger partial charge >= 0.3 is 12.1 Å². The molecule has 6 amide bonds. The lowest BCUT2D eigenvalue weighted by atomic mass is 9.99. The first-order chi connectivity index (χ1) is 11.5. The lowest BCUT2D eigenvalue weighted by Gasteiger charge is -2.21. The van der Waals surface area contributed by atoms with E-state index in [1.807, 2.05) is 41.5 Å². The molecule has 0 aromatic heterocycles. The van der Waals surface area contributed by atoms with Crippen molar-refractivity contribution in [2.75, 3.05) is 0 Å². The maximum Gasteiger partial charge on any atom is 0.325 e. The van der Waals surface area contributed by atoms with Crippen molar-refractivity contribution in [3.8, 4) is 0 Å². The van der Waals surface area contributed by atoms with Crippen LogP contribution in [0.1, 0.15) is 61.3 Å². The molecule has 2 aliphatic rings. The largest absolute Gasteiger partial charge is 0.326 e. The molecule has 2 aliphatic heterocycles. The quantitative estimate of drug-likeness (QED) is 0.753. The van der Waals surface area contributed by atoms with Gasteiger partial charge in [-0.25, -0.2) is 9.59 Å². The van der Waals surface area contributed by atoms with Crippen LogP contribution in [-0.2, 0) is 9.59 Å². The normalized spacial score (nSPS) is 26.2. The highest BCUT2D eigenvalue weighted by atomic mass is 16.2. The third-order valence-electron chi connectivity index (χ3n) is 4.49. The number of hydrogen-bond acceptors (Lipinski definition) is 4. The molecule has 142 valence electrons. The first kappa shape index (κ1) is 20.9. The van der Waals surface area contributed by atoms with Gasteiger partial charge in [0, 0.05) is 12.1 Å². The number of amides is 6. The van der Waals surface area contributed by atoms with Crippen molar-refractivity contribution in [3.63, 3.8) is 0 Å². The molecule has 2 rings (SSSR count). The SMILES string of the molecule is CC[C@@]1(C)NC(=O)N(C(C)C)C1=O.CC[C@H]1NC(=O)N(C(C)C)C1=O. The van der Waals surface area contributed by atoms with Gasteiger partial charge in [-0.05, 0) is 47.5 Å². The molecular formula is C17H30N4O4. The molecule has 0 spiro atoms. The maximum absolute atomic E-state index is 11.8. The predicted octanol–water partition coefficient (Wildman–Crippen LogP) is 1.84. The van der Waals surface area contributed by atoms with Crippen molar-refractivity contribution in [2.24, 2.45) is 0 Å². The number of urea groups is 2. The fourth-order valence-corrected chi connectivity index (χ4v) is 2.73. The monoisotopic (exact) mass is 354 g/mol. The Morgan fingerprint density at radius 1 is 0.960 bits per heavy atom. The first-order valence-corrected chi connectivity index (χ1v) is 8.79. The van der Waals surface area contributed by atoms with Gasteiger partial charge in [0.05, 0.1) is 0 Å². The second kappa shape index (κ2) is 7.84. The van der Waals surface area contributed by atoms with E-state index in [9.17, 15) is 19.2 Å². The van der Waals surface area contributed by atoms with E-state index in [-0.39, 0.29) is 42.0 Å². The minimum Gasteiger partial charge on any atom is -0.326 e. The summed E-state index contributed by atoms with van der Waals surface area (Å²) in [4.78, 5) is 48.3. The zero-order valence-electron chi connectivity index (χ0n) is 16.2. The Bertz CT molecular complexity index is 561. The first-order valence-electron chi connectivity index (χ1n) is 8.79. The van der Waals surface area contributed by atoms with Gasteiger partial charge in [0.25, 0.3) is 11.8 Å². The molecule has 0 aromatic carbocycles. The van der Waals surface area contributed by atoms with E-state index in [4.69, 9.17) is 0 Å². The van der Waals surface area contributed by atoms with Crippen LogP contribution in [0.4, 0.5) is 9.59 Å². The van der Waals surface area contributed by atoms with Gasteiger partial charge in [-0.15, -0.1) is 0 Å². The lowest BCUT2D eigenvalue weighted by molar-refractivity contribution is -0.132. The van der Waals surface area contributed by atoms with Crippen LogP contribution >= 0.6 is 0 Å². The van der Waals surface area contributed by atoms with Crippen LogP contribution in [0.3, 0.4) is 0 Å². The number of imide groups is 2. The number of nitrogens with one attached hydrogen (secondary N) is 2. The molecule has 0 bridgehead atoms. The van der Waals surface area contributed by atoms with E-state index in [0.29, 0.717) is 12.8 Å². The molecule has 2 fully saturated rings. The van der Waals surface area contributed by atoms with Gasteiger partial charge in [-0.1, -0.05) is 13.8 Å². The van der Waals surface area contributed by atoms with E-state index in [2.05, 4.69) is 10.6 Å². The lowest BCUT2D eigenvalue weighted by Crippen LogP contribution is -2.43. The third-order valence-corrected chi connectivity index (χ3v) is 4.49.